The lowest BCUT2D eigenvalue weighted by Gasteiger charge is -2.24. The number of aromatic nitrogens is 2. The van der Waals surface area contributed by atoms with Crippen molar-refractivity contribution in [1.82, 2.24) is 25.9 Å². The smallest absolute Gasteiger partial charge is 0.326 e. The summed E-state index contributed by atoms with van der Waals surface area (Å²) < 4.78 is 0. The van der Waals surface area contributed by atoms with E-state index in [1.807, 2.05) is 0 Å². The number of carbonyl (C=O) groups excluding carboxylic acids is 4. The molecule has 0 fully saturated rings. The molecule has 0 saturated heterocycles. The fourth-order valence-corrected chi connectivity index (χ4v) is 3.00. The van der Waals surface area contributed by atoms with Crippen molar-refractivity contribution in [3.63, 3.8) is 0 Å². The van der Waals surface area contributed by atoms with Crippen LogP contribution < -0.4 is 27.4 Å². The maximum Gasteiger partial charge on any atom is 0.326 e. The molecule has 0 saturated carbocycles. The normalized spacial score (nSPS) is 13.5. The topological polar surface area (TPSA) is 222 Å². The number of amides is 4. The monoisotopic (exact) mass is 457 g/mol. The second kappa shape index (κ2) is 13.2. The van der Waals surface area contributed by atoms with Gasteiger partial charge >= 0.3 is 5.97 Å². The fourth-order valence-electron chi connectivity index (χ4n) is 2.53. The van der Waals surface area contributed by atoms with E-state index in [0.717, 1.165) is 0 Å². The first kappa shape index (κ1) is 25.9. The number of hydrogen-bond acceptors (Lipinski definition) is 8. The van der Waals surface area contributed by atoms with Gasteiger partial charge in [-0.05, 0) is 18.4 Å². The second-order valence-corrected chi connectivity index (χ2v) is 7.50. The molecule has 0 radical (unpaired) electrons. The van der Waals surface area contributed by atoms with Gasteiger partial charge in [0.1, 0.15) is 18.1 Å². The Morgan fingerprint density at radius 1 is 1.13 bits per heavy atom. The number of aliphatic carboxylic acids is 1. The standard InChI is InChI=1S/C17H27N7O6S/c1-31-3-2-10(17(29)30)23-15(27)11(4-9-7-20-8-21-9)24-16(28)12(5-13(19)25)22-14(26)6-18/h7-8,10-12H,2-6,18H2,1H3,(H2,19,25)(H,20,21)(H,22,26)(H,23,27)(H,24,28)(H,29,30). The van der Waals surface area contributed by atoms with Crippen molar-refractivity contribution in [3.8, 4) is 0 Å². The first-order chi connectivity index (χ1) is 14.7. The van der Waals surface area contributed by atoms with E-state index in [4.69, 9.17) is 11.5 Å². The molecule has 0 bridgehead atoms. The minimum absolute atomic E-state index is 0.0411. The van der Waals surface area contributed by atoms with Crippen LogP contribution in [0.15, 0.2) is 12.5 Å². The van der Waals surface area contributed by atoms with Crippen LogP contribution in [0.5, 0.6) is 0 Å². The predicted molar refractivity (Wildman–Crippen MR) is 112 cm³/mol. The van der Waals surface area contributed by atoms with Crippen molar-refractivity contribution in [3.05, 3.63) is 18.2 Å². The van der Waals surface area contributed by atoms with E-state index in [2.05, 4.69) is 25.9 Å². The number of nitrogens with one attached hydrogen (secondary N) is 4. The molecule has 1 aromatic heterocycles. The molecule has 14 heteroatoms. The second-order valence-electron chi connectivity index (χ2n) is 6.52. The average molecular weight is 458 g/mol. The zero-order valence-corrected chi connectivity index (χ0v) is 17.7. The van der Waals surface area contributed by atoms with E-state index in [9.17, 15) is 29.1 Å². The van der Waals surface area contributed by atoms with Gasteiger partial charge in [-0.15, -0.1) is 0 Å². The number of nitrogens with zero attached hydrogens (tertiary/aromatic N) is 1. The summed E-state index contributed by atoms with van der Waals surface area (Å²) in [5, 5.41) is 16.4. The fraction of sp³-hybridized carbons (Fsp3) is 0.529. The Kier molecular flexibility index (Phi) is 11.1. The van der Waals surface area contributed by atoms with Crippen LogP contribution in [-0.4, -0.2) is 81.4 Å². The number of imidazole rings is 1. The van der Waals surface area contributed by atoms with Crippen molar-refractivity contribution in [2.45, 2.75) is 37.4 Å². The number of carboxylic acid groups (broad SMARTS) is 1. The number of thioether (sulfide) groups is 1. The van der Waals surface area contributed by atoms with E-state index in [1.54, 1.807) is 6.26 Å². The SMILES string of the molecule is CSCCC(NC(=O)C(Cc1cnc[nH]1)NC(=O)C(CC(N)=O)NC(=O)CN)C(=O)O. The van der Waals surface area contributed by atoms with Gasteiger partial charge in [0, 0.05) is 18.3 Å². The average Bonchev–Trinajstić information content (AvgIpc) is 3.22. The molecular formula is C17H27N7O6S. The molecule has 13 nitrogen and oxygen atoms in total. The molecule has 1 heterocycles. The van der Waals surface area contributed by atoms with Crippen LogP contribution in [0.1, 0.15) is 18.5 Å². The van der Waals surface area contributed by atoms with Gasteiger partial charge in [-0.2, -0.15) is 11.8 Å². The lowest BCUT2D eigenvalue weighted by molar-refractivity contribution is -0.142. The van der Waals surface area contributed by atoms with Crippen molar-refractivity contribution in [2.24, 2.45) is 11.5 Å². The molecule has 1 aromatic rings. The maximum atomic E-state index is 12.8. The molecule has 9 N–H and O–H groups in total. The molecule has 0 aliphatic rings. The van der Waals surface area contributed by atoms with E-state index in [0.29, 0.717) is 11.4 Å². The van der Waals surface area contributed by atoms with Crippen molar-refractivity contribution >= 4 is 41.4 Å². The minimum atomic E-state index is -1.35. The number of carbonyl (C=O) groups is 5. The van der Waals surface area contributed by atoms with Crippen LogP contribution in [-0.2, 0) is 30.4 Å². The zero-order valence-electron chi connectivity index (χ0n) is 16.9. The zero-order chi connectivity index (χ0) is 23.4. The van der Waals surface area contributed by atoms with E-state index in [-0.39, 0.29) is 12.8 Å². The van der Waals surface area contributed by atoms with Gasteiger partial charge in [-0.25, -0.2) is 9.78 Å². The molecule has 4 amide bonds. The highest BCUT2D eigenvalue weighted by Gasteiger charge is 2.30. The third kappa shape index (κ3) is 9.48. The third-order valence-electron chi connectivity index (χ3n) is 4.08. The van der Waals surface area contributed by atoms with Gasteiger partial charge in [0.2, 0.25) is 23.6 Å². The number of carboxylic acids is 1. The molecule has 31 heavy (non-hydrogen) atoms. The number of aromatic amines is 1. The Bertz CT molecular complexity index is 773. The first-order valence-electron chi connectivity index (χ1n) is 9.25. The van der Waals surface area contributed by atoms with Gasteiger partial charge in [0.25, 0.3) is 0 Å². The van der Waals surface area contributed by atoms with Crippen LogP contribution in [0.2, 0.25) is 0 Å². The van der Waals surface area contributed by atoms with Crippen molar-refractivity contribution < 1.29 is 29.1 Å². The summed E-state index contributed by atoms with van der Waals surface area (Å²) in [5.41, 5.74) is 10.8. The minimum Gasteiger partial charge on any atom is -0.480 e. The van der Waals surface area contributed by atoms with Crippen LogP contribution in [0.4, 0.5) is 0 Å². The summed E-state index contributed by atoms with van der Waals surface area (Å²) in [6.07, 6.45) is 4.25. The highest BCUT2D eigenvalue weighted by molar-refractivity contribution is 7.98. The highest BCUT2D eigenvalue weighted by atomic mass is 32.2. The molecule has 1 rings (SSSR count). The summed E-state index contributed by atoms with van der Waals surface area (Å²) in [6, 6.07) is -3.72. The third-order valence-corrected chi connectivity index (χ3v) is 4.72. The van der Waals surface area contributed by atoms with Gasteiger partial charge in [0.15, 0.2) is 0 Å². The van der Waals surface area contributed by atoms with Crippen LogP contribution in [0.25, 0.3) is 0 Å². The molecule has 0 aromatic carbocycles. The lowest BCUT2D eigenvalue weighted by atomic mass is 10.1. The van der Waals surface area contributed by atoms with E-state index < -0.39 is 60.7 Å². The number of rotatable bonds is 14. The Morgan fingerprint density at radius 3 is 2.29 bits per heavy atom. The summed E-state index contributed by atoms with van der Waals surface area (Å²) in [5.74, 6) is -3.86. The summed E-state index contributed by atoms with van der Waals surface area (Å²) >= 11 is 1.42. The highest BCUT2D eigenvalue weighted by Crippen LogP contribution is 2.05. The largest absolute Gasteiger partial charge is 0.480 e. The van der Waals surface area contributed by atoms with Crippen molar-refractivity contribution in [1.29, 1.82) is 0 Å². The molecule has 0 spiro atoms. The Labute approximate surface area is 182 Å². The van der Waals surface area contributed by atoms with Gasteiger partial charge in [0.05, 0.1) is 19.3 Å². The van der Waals surface area contributed by atoms with Crippen LogP contribution in [0.3, 0.4) is 0 Å². The number of hydrogen-bond donors (Lipinski definition) is 7. The van der Waals surface area contributed by atoms with Crippen LogP contribution >= 0.6 is 11.8 Å². The molecular weight excluding hydrogens is 430 g/mol. The van der Waals surface area contributed by atoms with Crippen LogP contribution in [0, 0.1) is 0 Å². The van der Waals surface area contributed by atoms with Gasteiger partial charge in [-0.1, -0.05) is 0 Å². The summed E-state index contributed by atoms with van der Waals surface area (Å²) in [6.45, 7) is -0.420. The maximum absolute atomic E-state index is 12.8. The quantitative estimate of drug-likeness (QED) is 0.152. The van der Waals surface area contributed by atoms with E-state index in [1.165, 1.54) is 24.3 Å². The number of nitrogens with two attached hydrogens (primary N) is 2. The van der Waals surface area contributed by atoms with Crippen molar-refractivity contribution in [2.75, 3.05) is 18.6 Å². The van der Waals surface area contributed by atoms with Gasteiger partial charge < -0.3 is 37.5 Å². The Morgan fingerprint density at radius 2 is 1.77 bits per heavy atom. The molecule has 0 aliphatic carbocycles. The molecule has 3 unspecified atom stereocenters. The molecule has 3 atom stereocenters. The lowest BCUT2D eigenvalue weighted by Crippen LogP contribution is -2.57. The number of primary amides is 1. The molecule has 172 valence electrons. The Hall–Kier alpha value is -3.13. The van der Waals surface area contributed by atoms with Gasteiger partial charge in [-0.3, -0.25) is 19.2 Å². The summed E-state index contributed by atoms with van der Waals surface area (Å²) in [7, 11) is 0. The predicted octanol–water partition coefficient (Wildman–Crippen LogP) is -2.92. The first-order valence-corrected chi connectivity index (χ1v) is 10.6. The molecule has 0 aliphatic heterocycles. The van der Waals surface area contributed by atoms with E-state index >= 15 is 0 Å². The Balaban J connectivity index is 3.00. The number of H-pyrrole nitrogens is 1. The summed E-state index contributed by atoms with van der Waals surface area (Å²) in [4.78, 5) is 66.4.